The van der Waals surface area contributed by atoms with E-state index in [4.69, 9.17) is 4.74 Å². The fraction of sp³-hybridized carbons (Fsp3) is 0.421. The van der Waals surface area contributed by atoms with E-state index >= 15 is 4.39 Å². The molecule has 0 aliphatic carbocycles. The largest absolute Gasteiger partial charge is 0.490 e. The van der Waals surface area contributed by atoms with Crippen molar-refractivity contribution in [2.24, 2.45) is 0 Å². The Kier molecular flexibility index (Phi) is 4.77. The Morgan fingerprint density at radius 2 is 1.96 bits per heavy atom. The molecule has 0 atom stereocenters. The topological polar surface area (TPSA) is 95.2 Å². The molecule has 0 bridgehead atoms. The van der Waals surface area contributed by atoms with Gasteiger partial charge in [0.15, 0.2) is 5.67 Å². The fourth-order valence-electron chi connectivity index (χ4n) is 3.58. The summed E-state index contributed by atoms with van der Waals surface area (Å²) < 4.78 is 21.2. The Labute approximate surface area is 161 Å². The van der Waals surface area contributed by atoms with E-state index in [1.165, 1.54) is 11.1 Å². The highest BCUT2D eigenvalue weighted by Crippen LogP contribution is 2.32. The molecule has 4 heterocycles. The Bertz CT molecular complexity index is 908. The maximum Gasteiger partial charge on any atom is 0.260 e. The van der Waals surface area contributed by atoms with Crippen molar-refractivity contribution in [1.82, 2.24) is 19.9 Å². The van der Waals surface area contributed by atoms with Crippen molar-refractivity contribution >= 4 is 11.9 Å². The van der Waals surface area contributed by atoms with Gasteiger partial charge in [0, 0.05) is 56.3 Å². The van der Waals surface area contributed by atoms with E-state index in [0.717, 1.165) is 0 Å². The van der Waals surface area contributed by atoms with E-state index in [1.807, 2.05) is 11.0 Å². The Balaban J connectivity index is 1.47. The van der Waals surface area contributed by atoms with Crippen LogP contribution in [0.25, 0.3) is 0 Å². The van der Waals surface area contributed by atoms with Crippen LogP contribution in [0.2, 0.25) is 0 Å². The first-order chi connectivity index (χ1) is 13.6. The van der Waals surface area contributed by atoms with E-state index in [9.17, 15) is 10.1 Å². The summed E-state index contributed by atoms with van der Waals surface area (Å²) in [6.45, 7) is 1.38. The number of hydrogen-bond acceptors (Lipinski definition) is 7. The number of nitrogens with zero attached hydrogens (tertiary/aromatic N) is 6. The van der Waals surface area contributed by atoms with Gasteiger partial charge in [-0.25, -0.2) is 14.4 Å². The highest BCUT2D eigenvalue weighted by Gasteiger charge is 2.45. The zero-order valence-corrected chi connectivity index (χ0v) is 15.2. The SMILES string of the molecule is N#Cc1cncc2c1OCCN(C(=O)C1(F)CCN(c3ncccn3)CC1)C2. The van der Waals surface area contributed by atoms with Crippen LogP contribution in [-0.2, 0) is 11.3 Å². The number of carbonyl (C=O) groups excluding carboxylic acids is 1. The quantitative estimate of drug-likeness (QED) is 0.776. The molecule has 1 amide bonds. The highest BCUT2D eigenvalue weighted by atomic mass is 19.1. The summed E-state index contributed by atoms with van der Waals surface area (Å²) in [5, 5.41) is 9.20. The molecule has 1 saturated heterocycles. The fourth-order valence-corrected chi connectivity index (χ4v) is 3.58. The summed E-state index contributed by atoms with van der Waals surface area (Å²) in [6.07, 6.45) is 6.41. The van der Waals surface area contributed by atoms with Crippen LogP contribution in [0.1, 0.15) is 24.0 Å². The molecule has 8 nitrogen and oxygen atoms in total. The molecule has 2 aromatic rings. The molecule has 4 rings (SSSR count). The number of rotatable bonds is 2. The number of pyridine rings is 1. The van der Waals surface area contributed by atoms with E-state index < -0.39 is 11.6 Å². The number of halogens is 1. The zero-order chi connectivity index (χ0) is 19.6. The molecule has 0 saturated carbocycles. The summed E-state index contributed by atoms with van der Waals surface area (Å²) in [6, 6.07) is 3.76. The third kappa shape index (κ3) is 3.33. The number of nitriles is 1. The maximum absolute atomic E-state index is 15.5. The second-order valence-corrected chi connectivity index (χ2v) is 6.86. The average molecular weight is 382 g/mol. The lowest BCUT2D eigenvalue weighted by Gasteiger charge is -2.37. The number of ether oxygens (including phenoxy) is 1. The van der Waals surface area contributed by atoms with Crippen LogP contribution < -0.4 is 9.64 Å². The molecule has 1 fully saturated rings. The van der Waals surface area contributed by atoms with Crippen LogP contribution in [0.3, 0.4) is 0 Å². The second kappa shape index (κ2) is 7.38. The first kappa shape index (κ1) is 18.1. The van der Waals surface area contributed by atoms with E-state index in [0.29, 0.717) is 35.9 Å². The first-order valence-electron chi connectivity index (χ1n) is 9.11. The molecule has 2 aliphatic rings. The number of piperidine rings is 1. The minimum atomic E-state index is -1.93. The molecule has 2 aromatic heterocycles. The molecule has 0 radical (unpaired) electrons. The summed E-state index contributed by atoms with van der Waals surface area (Å²) in [7, 11) is 0. The highest BCUT2D eigenvalue weighted by molar-refractivity contribution is 5.85. The lowest BCUT2D eigenvalue weighted by atomic mass is 9.91. The van der Waals surface area contributed by atoms with Crippen LogP contribution in [0.5, 0.6) is 5.75 Å². The summed E-state index contributed by atoms with van der Waals surface area (Å²) in [4.78, 5) is 28.7. The standard InChI is InChI=1S/C19H19FN6O2/c20-19(2-6-25(7-3-19)18-23-4-1-5-24-18)17(27)26-8-9-28-16-14(10-21)11-22-12-15(16)13-26/h1,4-5,11-12H,2-3,6-9,13H2. The van der Waals surface area contributed by atoms with Gasteiger partial charge in [0.05, 0.1) is 13.1 Å². The second-order valence-electron chi connectivity index (χ2n) is 6.86. The van der Waals surface area contributed by atoms with E-state index in [2.05, 4.69) is 15.0 Å². The Morgan fingerprint density at radius 1 is 1.21 bits per heavy atom. The van der Waals surface area contributed by atoms with Crippen molar-refractivity contribution < 1.29 is 13.9 Å². The van der Waals surface area contributed by atoms with Gasteiger partial charge in [-0.2, -0.15) is 5.26 Å². The summed E-state index contributed by atoms with van der Waals surface area (Å²) in [5.74, 6) is 0.431. The van der Waals surface area contributed by atoms with Crippen molar-refractivity contribution in [3.05, 3.63) is 42.0 Å². The molecule has 0 N–H and O–H groups in total. The monoisotopic (exact) mass is 382 g/mol. The molecular formula is C19H19FN6O2. The van der Waals surface area contributed by atoms with Gasteiger partial charge in [0.1, 0.15) is 24.0 Å². The van der Waals surface area contributed by atoms with Crippen LogP contribution >= 0.6 is 0 Å². The molecule has 2 aliphatic heterocycles. The van der Waals surface area contributed by atoms with Gasteiger partial charge in [0.2, 0.25) is 5.95 Å². The predicted octanol–water partition coefficient (Wildman–Crippen LogP) is 1.47. The van der Waals surface area contributed by atoms with Crippen molar-refractivity contribution in [2.75, 3.05) is 31.1 Å². The number of aromatic nitrogens is 3. The average Bonchev–Trinajstić information content (AvgIpc) is 2.96. The summed E-state index contributed by atoms with van der Waals surface area (Å²) >= 11 is 0. The molecule has 144 valence electrons. The summed E-state index contributed by atoms with van der Waals surface area (Å²) in [5.41, 5.74) is -1.00. The van der Waals surface area contributed by atoms with E-state index in [-0.39, 0.29) is 32.5 Å². The van der Waals surface area contributed by atoms with E-state index in [1.54, 1.807) is 24.7 Å². The van der Waals surface area contributed by atoms with Gasteiger partial charge in [0.25, 0.3) is 5.91 Å². The van der Waals surface area contributed by atoms with Gasteiger partial charge in [-0.1, -0.05) is 0 Å². The minimum Gasteiger partial charge on any atom is -0.490 e. The molecule has 0 aromatic carbocycles. The third-order valence-corrected chi connectivity index (χ3v) is 5.12. The van der Waals surface area contributed by atoms with Crippen LogP contribution in [0, 0.1) is 11.3 Å². The number of fused-ring (bicyclic) bond motifs is 1. The number of amides is 1. The predicted molar refractivity (Wildman–Crippen MR) is 97.2 cm³/mol. The van der Waals surface area contributed by atoms with Crippen molar-refractivity contribution in [2.45, 2.75) is 25.1 Å². The van der Waals surface area contributed by atoms with Crippen LogP contribution in [0.4, 0.5) is 10.3 Å². The lowest BCUT2D eigenvalue weighted by Crippen LogP contribution is -2.53. The first-order valence-corrected chi connectivity index (χ1v) is 9.11. The number of hydrogen-bond donors (Lipinski definition) is 0. The lowest BCUT2D eigenvalue weighted by molar-refractivity contribution is -0.146. The van der Waals surface area contributed by atoms with Crippen LogP contribution in [-0.4, -0.2) is 57.7 Å². The minimum absolute atomic E-state index is 0.0742. The molecular weight excluding hydrogens is 363 g/mol. The van der Waals surface area contributed by atoms with Crippen molar-refractivity contribution in [3.63, 3.8) is 0 Å². The van der Waals surface area contributed by atoms with Gasteiger partial charge in [-0.3, -0.25) is 9.78 Å². The molecule has 0 spiro atoms. The number of anilines is 1. The van der Waals surface area contributed by atoms with Crippen molar-refractivity contribution in [3.8, 4) is 11.8 Å². The molecule has 0 unspecified atom stereocenters. The van der Waals surface area contributed by atoms with Gasteiger partial charge in [-0.15, -0.1) is 0 Å². The maximum atomic E-state index is 15.5. The molecule has 28 heavy (non-hydrogen) atoms. The van der Waals surface area contributed by atoms with Crippen LogP contribution in [0.15, 0.2) is 30.9 Å². The zero-order valence-electron chi connectivity index (χ0n) is 15.2. The smallest absolute Gasteiger partial charge is 0.260 e. The molecule has 9 heteroatoms. The van der Waals surface area contributed by atoms with Gasteiger partial charge >= 0.3 is 0 Å². The van der Waals surface area contributed by atoms with Crippen molar-refractivity contribution in [1.29, 1.82) is 5.26 Å². The van der Waals surface area contributed by atoms with Gasteiger partial charge in [-0.05, 0) is 6.07 Å². The Hall–Kier alpha value is -3.28. The normalized spacial score (nSPS) is 18.4. The number of carbonyl (C=O) groups is 1. The van der Waals surface area contributed by atoms with Gasteiger partial charge < -0.3 is 14.5 Å². The Morgan fingerprint density at radius 3 is 2.68 bits per heavy atom. The third-order valence-electron chi connectivity index (χ3n) is 5.12. The number of alkyl halides is 1.